The van der Waals surface area contributed by atoms with E-state index in [1.165, 1.54) is 7.06 Å². The normalized spacial score (nSPS) is 8.62. The molecule has 0 fully saturated rings. The molecule has 0 saturated carbocycles. The van der Waals surface area contributed by atoms with Crippen LogP contribution < -0.4 is 5.73 Å². The maximum atomic E-state index is 5.52. The van der Waals surface area contributed by atoms with Crippen LogP contribution in [0.3, 0.4) is 0 Å². The Morgan fingerprint density at radius 3 is 2.19 bits per heavy atom. The monoisotopic (exact) mass is 220 g/mol. The van der Waals surface area contributed by atoms with Crippen LogP contribution in [-0.4, -0.2) is 60.7 Å². The first-order valence-corrected chi connectivity index (χ1v) is 4.83. The van der Waals surface area contributed by atoms with Crippen molar-refractivity contribution in [3.8, 4) is 0 Å². The Bertz CT molecular complexity index is 274. The van der Waals surface area contributed by atoms with E-state index in [1.54, 1.807) is 6.07 Å². The fraction of sp³-hybridized carbons (Fsp3) is 0.200. The molecule has 16 heavy (non-hydrogen) atoms. The summed E-state index contributed by atoms with van der Waals surface area (Å²) in [5.74, 6) is 0.222. The first kappa shape index (κ1) is 15.6. The van der Waals surface area contributed by atoms with Gasteiger partial charge in [0.2, 0.25) is 5.95 Å². The van der Waals surface area contributed by atoms with Gasteiger partial charge in [0.1, 0.15) is 5.15 Å². The van der Waals surface area contributed by atoms with Crippen LogP contribution in [0.5, 0.6) is 0 Å². The first-order valence-electron chi connectivity index (χ1n) is 4.45. The van der Waals surface area contributed by atoms with E-state index in [4.69, 9.17) is 48.3 Å². The second-order valence-corrected chi connectivity index (χ2v) is 3.42. The summed E-state index contributed by atoms with van der Waals surface area (Å²) < 4.78 is 0. The highest BCUT2D eigenvalue weighted by atomic mass is 35.5. The topological polar surface area (TPSA) is 51.8 Å². The zero-order chi connectivity index (χ0) is 12.7. The highest BCUT2D eigenvalue weighted by Gasteiger charge is 2.06. The molecular formula is C5H6B7ClN3. The molecule has 0 aliphatic carbocycles. The van der Waals surface area contributed by atoms with E-state index in [0.29, 0.717) is 5.15 Å². The van der Waals surface area contributed by atoms with E-state index < -0.39 is 6.39 Å². The van der Waals surface area contributed by atoms with Crippen molar-refractivity contribution in [3.05, 3.63) is 16.9 Å². The average molecular weight is 219 g/mol. The molecule has 1 rings (SSSR count). The molecule has 69 valence electrons. The highest BCUT2D eigenvalue weighted by molar-refractivity contribution is 7.81. The molecule has 0 aromatic carbocycles. The van der Waals surface area contributed by atoms with Crippen molar-refractivity contribution in [2.45, 2.75) is 6.92 Å². The largest absolute Gasteiger partial charge is 0.368 e. The number of nitrogens with two attached hydrogens (primary N) is 1. The van der Waals surface area contributed by atoms with Crippen LogP contribution in [0.25, 0.3) is 0 Å². The standard InChI is InChI=1S/C5H6ClN3.B7/c1-3-2-4(6)9-5(7)8-3;1-5-7(4)6(2)3/h2H,1H3,(H2,7,8,9);. The van der Waals surface area contributed by atoms with Gasteiger partial charge in [-0.25, -0.2) is 9.97 Å². The second-order valence-electron chi connectivity index (χ2n) is 3.04. The summed E-state index contributed by atoms with van der Waals surface area (Å²) in [4.78, 5) is 7.48. The van der Waals surface area contributed by atoms with Gasteiger partial charge in [0.15, 0.2) is 0 Å². The maximum absolute atomic E-state index is 5.52. The van der Waals surface area contributed by atoms with Gasteiger partial charge in [0, 0.05) is 56.5 Å². The molecule has 0 unspecified atom stereocenters. The van der Waals surface area contributed by atoms with Crippen molar-refractivity contribution in [1.29, 1.82) is 0 Å². The Morgan fingerprint density at radius 2 is 1.94 bits per heavy atom. The summed E-state index contributed by atoms with van der Waals surface area (Å²) in [6, 6.07) is 1.65. The SMILES string of the molecule is Cc1cc(Cl)nc(N)n1.[B][B]B([B])B([B])[B]. The number of rotatable bonds is 2. The quantitative estimate of drug-likeness (QED) is 0.479. The summed E-state index contributed by atoms with van der Waals surface area (Å²) in [5.41, 5.74) is 6.04. The number of anilines is 1. The number of nitrogen functional groups attached to an aromatic ring is 1. The summed E-state index contributed by atoms with van der Waals surface area (Å²) in [5, 5.41) is 0.389. The lowest BCUT2D eigenvalue weighted by Crippen LogP contribution is -2.43. The molecule has 0 aliphatic rings. The van der Waals surface area contributed by atoms with Gasteiger partial charge in [0.25, 0.3) is 0 Å². The van der Waals surface area contributed by atoms with Crippen molar-refractivity contribution in [2.24, 2.45) is 0 Å². The molecule has 0 bridgehead atoms. The van der Waals surface area contributed by atoms with Crippen molar-refractivity contribution >= 4 is 68.3 Å². The van der Waals surface area contributed by atoms with E-state index in [2.05, 4.69) is 9.97 Å². The lowest BCUT2D eigenvalue weighted by molar-refractivity contribution is 1.12. The van der Waals surface area contributed by atoms with E-state index in [9.17, 15) is 0 Å². The molecule has 0 amide bonds. The number of aryl methyl sites for hydroxylation is 1. The Morgan fingerprint density at radius 1 is 1.38 bits per heavy atom. The number of hydrogen-bond acceptors (Lipinski definition) is 3. The molecule has 0 spiro atoms. The predicted molar refractivity (Wildman–Crippen MR) is 76.5 cm³/mol. The molecule has 2 N–H and O–H groups in total. The lowest BCUT2D eigenvalue weighted by Gasteiger charge is -2.05. The van der Waals surface area contributed by atoms with Gasteiger partial charge in [-0.1, -0.05) is 11.6 Å². The Kier molecular flexibility index (Phi) is 7.64. The molecule has 11 heteroatoms. The lowest BCUT2D eigenvalue weighted by atomic mass is 8.76. The van der Waals surface area contributed by atoms with Gasteiger partial charge in [-0.05, 0) is 13.0 Å². The van der Waals surface area contributed by atoms with E-state index >= 15 is 0 Å². The molecule has 0 saturated heterocycles. The predicted octanol–water partition coefficient (Wildman–Crippen LogP) is -1.64. The molecule has 1 aromatic rings. The molecule has 3 nitrogen and oxygen atoms in total. The van der Waals surface area contributed by atoms with Crippen LogP contribution in [-0.2, 0) is 0 Å². The third-order valence-electron chi connectivity index (χ3n) is 1.51. The fourth-order valence-corrected chi connectivity index (χ4v) is 0.925. The molecule has 1 aromatic heterocycles. The fourth-order valence-electron chi connectivity index (χ4n) is 0.680. The van der Waals surface area contributed by atoms with Crippen LogP contribution in [0, 0.1) is 6.92 Å². The zero-order valence-electron chi connectivity index (χ0n) is 8.97. The molecule has 1 heterocycles. The molecule has 0 atom stereocenters. The van der Waals surface area contributed by atoms with Gasteiger partial charge in [-0.2, -0.15) is 0 Å². The van der Waals surface area contributed by atoms with Gasteiger partial charge in [-0.3, -0.25) is 0 Å². The van der Waals surface area contributed by atoms with Crippen LogP contribution in [0.15, 0.2) is 6.07 Å². The van der Waals surface area contributed by atoms with Crippen LogP contribution in [0.4, 0.5) is 5.95 Å². The van der Waals surface area contributed by atoms with Gasteiger partial charge in [-0.15, -0.1) is 0 Å². The van der Waals surface area contributed by atoms with E-state index in [0.717, 1.165) is 5.69 Å². The third kappa shape index (κ3) is 6.99. The number of nitrogens with zero attached hydrogens (tertiary/aromatic N) is 2. The number of aromatic nitrogens is 2. The van der Waals surface area contributed by atoms with Gasteiger partial charge >= 0.3 is 0 Å². The van der Waals surface area contributed by atoms with Crippen LogP contribution in [0.1, 0.15) is 5.69 Å². The van der Waals surface area contributed by atoms with E-state index in [-0.39, 0.29) is 12.3 Å². The molecule has 0 aliphatic heterocycles. The third-order valence-corrected chi connectivity index (χ3v) is 1.70. The summed E-state index contributed by atoms with van der Waals surface area (Å²) in [6.45, 7) is 1.81. The minimum absolute atomic E-state index is 0.222. The molecule has 9 radical (unpaired) electrons. The summed E-state index contributed by atoms with van der Waals surface area (Å²) in [7, 11) is 21.6. The first-order chi connectivity index (χ1) is 7.36. The highest BCUT2D eigenvalue weighted by Crippen LogP contribution is 2.06. The number of halogens is 1. The summed E-state index contributed by atoms with van der Waals surface area (Å²) >= 11 is 5.52. The smallest absolute Gasteiger partial charge is 0.221 e. The molecular weight excluding hydrogens is 213 g/mol. The maximum Gasteiger partial charge on any atom is 0.221 e. The van der Waals surface area contributed by atoms with Crippen LogP contribution in [0.2, 0.25) is 5.15 Å². The average Bonchev–Trinajstić information content (AvgIpc) is 2.15. The number of hydrogen-bond donors (Lipinski definition) is 1. The van der Waals surface area contributed by atoms with Crippen LogP contribution >= 0.6 is 11.6 Å². The van der Waals surface area contributed by atoms with Gasteiger partial charge < -0.3 is 5.73 Å². The van der Waals surface area contributed by atoms with Crippen molar-refractivity contribution in [2.75, 3.05) is 5.73 Å². The van der Waals surface area contributed by atoms with Gasteiger partial charge in [0.05, 0.1) is 0 Å². The second kappa shape index (κ2) is 7.83. The Balaban J connectivity index is 0.000000293. The van der Waals surface area contributed by atoms with Crippen molar-refractivity contribution in [3.63, 3.8) is 0 Å². The minimum atomic E-state index is -0.537. The van der Waals surface area contributed by atoms with E-state index in [1.807, 2.05) is 6.92 Å². The minimum Gasteiger partial charge on any atom is -0.368 e. The summed E-state index contributed by atoms with van der Waals surface area (Å²) in [6.07, 6.45) is -0.926. The zero-order valence-corrected chi connectivity index (χ0v) is 9.72. The Hall–Kier alpha value is -0.375. The van der Waals surface area contributed by atoms with Crippen molar-refractivity contribution < 1.29 is 0 Å². The Labute approximate surface area is 108 Å². The van der Waals surface area contributed by atoms with Crippen molar-refractivity contribution in [1.82, 2.24) is 9.97 Å².